The van der Waals surface area contributed by atoms with E-state index in [1.165, 1.54) is 6.07 Å². The standard InChI is InChI=1S/C23H16N2O4/c26-22(18-15-17-7-1-2-10-19(17)29-23(18)27)25-12-3-4-14-28-20-11-5-8-16-9-6-13-24-21(16)20/h1-2,5-11,13,15H,12,14H2,(H,25,26). The largest absolute Gasteiger partial charge is 0.479 e. The highest BCUT2D eigenvalue weighted by molar-refractivity contribution is 5.96. The molecule has 0 radical (unpaired) electrons. The van der Waals surface area contributed by atoms with Gasteiger partial charge in [0.2, 0.25) is 0 Å². The summed E-state index contributed by atoms with van der Waals surface area (Å²) in [5, 5.41) is 4.26. The van der Waals surface area contributed by atoms with Crippen LogP contribution in [0.25, 0.3) is 21.9 Å². The van der Waals surface area contributed by atoms with Crippen LogP contribution in [0.4, 0.5) is 0 Å². The van der Waals surface area contributed by atoms with Crippen molar-refractivity contribution in [1.82, 2.24) is 10.3 Å². The molecular formula is C23H16N2O4. The lowest BCUT2D eigenvalue weighted by molar-refractivity contribution is 0.0955. The number of para-hydroxylation sites is 2. The van der Waals surface area contributed by atoms with Gasteiger partial charge in [-0.25, -0.2) is 4.79 Å². The van der Waals surface area contributed by atoms with Crippen molar-refractivity contribution in [3.05, 3.63) is 82.8 Å². The molecule has 1 N–H and O–H groups in total. The van der Waals surface area contributed by atoms with Crippen molar-refractivity contribution in [2.75, 3.05) is 13.2 Å². The van der Waals surface area contributed by atoms with E-state index in [1.54, 1.807) is 30.5 Å². The number of pyridine rings is 1. The number of fused-ring (bicyclic) bond motifs is 2. The summed E-state index contributed by atoms with van der Waals surface area (Å²) in [6, 6.07) is 18.0. The zero-order chi connectivity index (χ0) is 20.1. The molecule has 0 unspecified atom stereocenters. The second-order valence-corrected chi connectivity index (χ2v) is 6.14. The molecule has 142 valence electrons. The van der Waals surface area contributed by atoms with Gasteiger partial charge in [0.05, 0.1) is 6.54 Å². The summed E-state index contributed by atoms with van der Waals surface area (Å²) in [4.78, 5) is 28.5. The molecule has 2 aromatic heterocycles. The molecule has 0 saturated heterocycles. The van der Waals surface area contributed by atoms with Gasteiger partial charge in [-0.2, -0.15) is 0 Å². The number of benzene rings is 2. The van der Waals surface area contributed by atoms with E-state index in [0.29, 0.717) is 16.7 Å². The number of hydrogen-bond donors (Lipinski definition) is 1. The zero-order valence-electron chi connectivity index (χ0n) is 15.3. The summed E-state index contributed by atoms with van der Waals surface area (Å²) in [7, 11) is 0. The van der Waals surface area contributed by atoms with Crippen molar-refractivity contribution in [2.45, 2.75) is 0 Å². The van der Waals surface area contributed by atoms with Gasteiger partial charge in [-0.05, 0) is 24.3 Å². The van der Waals surface area contributed by atoms with E-state index in [1.807, 2.05) is 30.3 Å². The van der Waals surface area contributed by atoms with Gasteiger partial charge < -0.3 is 14.5 Å². The maximum absolute atomic E-state index is 12.2. The topological polar surface area (TPSA) is 81.4 Å². The Morgan fingerprint density at radius 3 is 2.79 bits per heavy atom. The summed E-state index contributed by atoms with van der Waals surface area (Å²) < 4.78 is 10.8. The van der Waals surface area contributed by atoms with Gasteiger partial charge in [-0.1, -0.05) is 48.2 Å². The van der Waals surface area contributed by atoms with Crippen LogP contribution in [-0.2, 0) is 0 Å². The Balaban J connectivity index is 1.35. The molecule has 6 heteroatoms. The molecule has 1 amide bonds. The fraction of sp³-hybridized carbons (Fsp3) is 0.0870. The zero-order valence-corrected chi connectivity index (χ0v) is 15.3. The predicted molar refractivity (Wildman–Crippen MR) is 110 cm³/mol. The Morgan fingerprint density at radius 2 is 1.86 bits per heavy atom. The number of carbonyl (C=O) groups excluding carboxylic acids is 1. The van der Waals surface area contributed by atoms with Crippen LogP contribution in [0.2, 0.25) is 0 Å². The first-order valence-electron chi connectivity index (χ1n) is 8.96. The normalized spacial score (nSPS) is 10.3. The predicted octanol–water partition coefficient (Wildman–Crippen LogP) is 3.15. The first-order valence-corrected chi connectivity index (χ1v) is 8.96. The van der Waals surface area contributed by atoms with Crippen molar-refractivity contribution < 1.29 is 13.9 Å². The molecule has 6 nitrogen and oxygen atoms in total. The summed E-state index contributed by atoms with van der Waals surface area (Å²) >= 11 is 0. The average molecular weight is 384 g/mol. The van der Waals surface area contributed by atoms with Gasteiger partial charge in [0, 0.05) is 17.0 Å². The maximum Gasteiger partial charge on any atom is 0.349 e. The van der Waals surface area contributed by atoms with Crippen molar-refractivity contribution in [1.29, 1.82) is 0 Å². The summed E-state index contributed by atoms with van der Waals surface area (Å²) in [6.45, 7) is 0.242. The number of rotatable bonds is 4. The third kappa shape index (κ3) is 4.09. The fourth-order valence-corrected chi connectivity index (χ4v) is 2.86. The van der Waals surface area contributed by atoms with Crippen LogP contribution in [-0.4, -0.2) is 24.0 Å². The molecule has 29 heavy (non-hydrogen) atoms. The smallest absolute Gasteiger partial charge is 0.349 e. The minimum absolute atomic E-state index is 0.0522. The number of amides is 1. The first-order chi connectivity index (χ1) is 14.2. The lowest BCUT2D eigenvalue weighted by atomic mass is 10.2. The van der Waals surface area contributed by atoms with Crippen LogP contribution in [0.15, 0.2) is 76.1 Å². The quantitative estimate of drug-likeness (QED) is 0.432. The summed E-state index contributed by atoms with van der Waals surface area (Å²) in [6.07, 6.45) is 1.71. The maximum atomic E-state index is 12.2. The molecule has 2 heterocycles. The third-order valence-corrected chi connectivity index (χ3v) is 4.24. The first kappa shape index (κ1) is 18.3. The highest BCUT2D eigenvalue weighted by atomic mass is 16.5. The molecule has 0 saturated carbocycles. The third-order valence-electron chi connectivity index (χ3n) is 4.24. The molecule has 2 aromatic carbocycles. The monoisotopic (exact) mass is 384 g/mol. The molecule has 0 fully saturated rings. The van der Waals surface area contributed by atoms with Crippen molar-refractivity contribution >= 4 is 27.8 Å². The molecule has 0 bridgehead atoms. The van der Waals surface area contributed by atoms with Gasteiger partial charge in [0.1, 0.15) is 29.0 Å². The molecule has 4 rings (SSSR count). The van der Waals surface area contributed by atoms with Gasteiger partial charge in [0.25, 0.3) is 5.91 Å². The van der Waals surface area contributed by atoms with Crippen LogP contribution in [0.5, 0.6) is 5.75 Å². The van der Waals surface area contributed by atoms with Crippen molar-refractivity contribution in [2.24, 2.45) is 0 Å². The van der Waals surface area contributed by atoms with E-state index in [-0.39, 0.29) is 18.7 Å². The Hall–Kier alpha value is -4.11. The number of nitrogens with zero attached hydrogens (tertiary/aromatic N) is 1. The van der Waals surface area contributed by atoms with E-state index in [9.17, 15) is 9.59 Å². The van der Waals surface area contributed by atoms with E-state index in [0.717, 1.165) is 10.9 Å². The molecule has 0 aliphatic rings. The Kier molecular flexibility index (Phi) is 5.21. The highest BCUT2D eigenvalue weighted by Crippen LogP contribution is 2.22. The second-order valence-electron chi connectivity index (χ2n) is 6.14. The SMILES string of the molecule is O=C(NCC#CCOc1cccc2cccnc12)c1cc2ccccc2oc1=O. The highest BCUT2D eigenvalue weighted by Gasteiger charge is 2.12. The van der Waals surface area contributed by atoms with Crippen LogP contribution in [0.3, 0.4) is 0 Å². The van der Waals surface area contributed by atoms with Crippen LogP contribution in [0.1, 0.15) is 10.4 Å². The van der Waals surface area contributed by atoms with Crippen LogP contribution in [0, 0.1) is 11.8 Å². The molecule has 0 atom stereocenters. The minimum atomic E-state index is -0.680. The van der Waals surface area contributed by atoms with Gasteiger partial charge >= 0.3 is 5.63 Å². The van der Waals surface area contributed by atoms with Gasteiger partial charge in [-0.15, -0.1) is 0 Å². The van der Waals surface area contributed by atoms with Crippen molar-refractivity contribution in [3.8, 4) is 17.6 Å². The van der Waals surface area contributed by atoms with Crippen molar-refractivity contribution in [3.63, 3.8) is 0 Å². The Bertz CT molecular complexity index is 1310. The molecule has 4 aromatic rings. The molecule has 0 aliphatic carbocycles. The fourth-order valence-electron chi connectivity index (χ4n) is 2.86. The Labute approximate surface area is 166 Å². The van der Waals surface area contributed by atoms with E-state index < -0.39 is 11.5 Å². The Morgan fingerprint density at radius 1 is 1.03 bits per heavy atom. The number of hydrogen-bond acceptors (Lipinski definition) is 5. The number of nitrogens with one attached hydrogen (secondary N) is 1. The second kappa shape index (κ2) is 8.28. The summed E-state index contributed by atoms with van der Waals surface area (Å²) in [5.74, 6) is 5.75. The van der Waals surface area contributed by atoms with Crippen LogP contribution < -0.4 is 15.7 Å². The lowest BCUT2D eigenvalue weighted by Crippen LogP contribution is -2.28. The number of aromatic nitrogens is 1. The van der Waals surface area contributed by atoms with E-state index >= 15 is 0 Å². The average Bonchev–Trinajstić information content (AvgIpc) is 2.75. The van der Waals surface area contributed by atoms with Gasteiger partial charge in [-0.3, -0.25) is 9.78 Å². The number of ether oxygens (including phenoxy) is 1. The van der Waals surface area contributed by atoms with E-state index in [4.69, 9.17) is 9.15 Å². The van der Waals surface area contributed by atoms with E-state index in [2.05, 4.69) is 22.1 Å². The molecule has 0 spiro atoms. The summed E-state index contributed by atoms with van der Waals surface area (Å²) in [5.41, 5.74) is 0.478. The number of carbonyl (C=O) groups is 1. The van der Waals surface area contributed by atoms with Crippen LogP contribution >= 0.6 is 0 Å². The molecule has 0 aliphatic heterocycles. The lowest BCUT2D eigenvalue weighted by Gasteiger charge is -2.05. The minimum Gasteiger partial charge on any atom is -0.479 e. The molecular weight excluding hydrogens is 368 g/mol. The van der Waals surface area contributed by atoms with Gasteiger partial charge in [0.15, 0.2) is 0 Å².